The number of fused-ring (bicyclic) bond motifs is 3. The number of para-hydroxylation sites is 1. The fraction of sp³-hybridized carbons (Fsp3) is 0.125. The van der Waals surface area contributed by atoms with Gasteiger partial charge in [0.15, 0.2) is 11.6 Å². The molecule has 3 aromatic rings. The van der Waals surface area contributed by atoms with Crippen molar-refractivity contribution in [2.45, 2.75) is 6.54 Å². The van der Waals surface area contributed by atoms with Gasteiger partial charge in [0.1, 0.15) is 0 Å². The largest absolute Gasteiger partial charge is 0.334 e. The Hall–Kier alpha value is -3.02. The Morgan fingerprint density at radius 3 is 2.77 bits per heavy atom. The lowest BCUT2D eigenvalue weighted by atomic mass is 10.1. The summed E-state index contributed by atoms with van der Waals surface area (Å²) in [7, 11) is 1.77. The second-order valence-electron chi connectivity index (χ2n) is 5.20. The zero-order valence-corrected chi connectivity index (χ0v) is 12.0. The van der Waals surface area contributed by atoms with Crippen LogP contribution in [0.4, 0.5) is 0 Å². The van der Waals surface area contributed by atoms with Gasteiger partial charge in [-0.05, 0) is 24.3 Å². The van der Waals surface area contributed by atoms with Crippen molar-refractivity contribution in [2.75, 3.05) is 7.05 Å². The average Bonchev–Trinajstić information content (AvgIpc) is 2.94. The molecule has 0 saturated carbocycles. The van der Waals surface area contributed by atoms with Crippen molar-refractivity contribution >= 4 is 5.91 Å². The van der Waals surface area contributed by atoms with Crippen LogP contribution in [-0.2, 0) is 6.54 Å². The van der Waals surface area contributed by atoms with Gasteiger partial charge in [-0.2, -0.15) is 0 Å². The number of nitrogens with zero attached hydrogens (tertiary/aromatic N) is 5. The van der Waals surface area contributed by atoms with Gasteiger partial charge in [-0.25, -0.2) is 0 Å². The molecule has 0 aliphatic carbocycles. The molecule has 0 saturated heterocycles. The first-order chi connectivity index (χ1) is 10.8. The average molecular weight is 291 g/mol. The van der Waals surface area contributed by atoms with E-state index in [0.29, 0.717) is 17.9 Å². The standard InChI is InChI=1S/C16H13N5O/c1-20-10-14-18-19-15(11-5-4-8-17-9-11)21(14)13-7-3-2-6-12(13)16(20)22/h2-9H,10H2,1H3. The molecule has 6 heteroatoms. The fourth-order valence-electron chi connectivity index (χ4n) is 2.69. The molecule has 0 spiro atoms. The molecule has 22 heavy (non-hydrogen) atoms. The number of pyridine rings is 1. The third-order valence-corrected chi connectivity index (χ3v) is 3.75. The number of aromatic nitrogens is 4. The van der Waals surface area contributed by atoms with Crippen LogP contribution in [0.1, 0.15) is 16.2 Å². The molecular formula is C16H13N5O. The minimum Gasteiger partial charge on any atom is -0.334 e. The quantitative estimate of drug-likeness (QED) is 0.687. The van der Waals surface area contributed by atoms with Crippen molar-refractivity contribution in [3.63, 3.8) is 0 Å². The summed E-state index contributed by atoms with van der Waals surface area (Å²) in [5, 5.41) is 8.57. The molecule has 2 aromatic heterocycles. The van der Waals surface area contributed by atoms with E-state index in [-0.39, 0.29) is 5.91 Å². The Morgan fingerprint density at radius 1 is 1.09 bits per heavy atom. The van der Waals surface area contributed by atoms with Crippen LogP contribution in [0.3, 0.4) is 0 Å². The predicted molar refractivity (Wildman–Crippen MR) is 80.4 cm³/mol. The summed E-state index contributed by atoms with van der Waals surface area (Å²) >= 11 is 0. The van der Waals surface area contributed by atoms with Crippen LogP contribution in [0.25, 0.3) is 17.1 Å². The van der Waals surface area contributed by atoms with Crippen LogP contribution in [-0.4, -0.2) is 37.6 Å². The van der Waals surface area contributed by atoms with Crippen LogP contribution >= 0.6 is 0 Å². The Kier molecular flexibility index (Phi) is 2.75. The zero-order chi connectivity index (χ0) is 15.1. The number of benzene rings is 1. The first kappa shape index (κ1) is 12.7. The van der Waals surface area contributed by atoms with E-state index in [2.05, 4.69) is 15.2 Å². The van der Waals surface area contributed by atoms with Gasteiger partial charge >= 0.3 is 0 Å². The first-order valence-electron chi connectivity index (χ1n) is 6.95. The highest BCUT2D eigenvalue weighted by Crippen LogP contribution is 2.28. The Balaban J connectivity index is 2.02. The van der Waals surface area contributed by atoms with Crippen molar-refractivity contribution in [1.82, 2.24) is 24.6 Å². The van der Waals surface area contributed by atoms with E-state index in [1.54, 1.807) is 24.3 Å². The summed E-state index contributed by atoms with van der Waals surface area (Å²) in [6, 6.07) is 11.3. The molecule has 6 nitrogen and oxygen atoms in total. The van der Waals surface area contributed by atoms with E-state index >= 15 is 0 Å². The monoisotopic (exact) mass is 291 g/mol. The van der Waals surface area contributed by atoms with E-state index < -0.39 is 0 Å². The lowest BCUT2D eigenvalue weighted by molar-refractivity contribution is 0.0786. The third-order valence-electron chi connectivity index (χ3n) is 3.75. The van der Waals surface area contributed by atoms with Crippen molar-refractivity contribution in [2.24, 2.45) is 0 Å². The van der Waals surface area contributed by atoms with E-state index in [1.165, 1.54) is 0 Å². The molecule has 108 valence electrons. The number of carbonyl (C=O) groups excluding carboxylic acids is 1. The predicted octanol–water partition coefficient (Wildman–Crippen LogP) is 1.91. The van der Waals surface area contributed by atoms with Crippen LogP contribution in [0.2, 0.25) is 0 Å². The van der Waals surface area contributed by atoms with Crippen LogP contribution < -0.4 is 0 Å². The summed E-state index contributed by atoms with van der Waals surface area (Å²) in [6.07, 6.45) is 3.46. The maximum absolute atomic E-state index is 12.5. The van der Waals surface area contributed by atoms with Crippen molar-refractivity contribution in [3.05, 3.63) is 60.2 Å². The van der Waals surface area contributed by atoms with Gasteiger partial charge in [0.05, 0.1) is 17.8 Å². The van der Waals surface area contributed by atoms with Crippen LogP contribution in [0, 0.1) is 0 Å². The van der Waals surface area contributed by atoms with Gasteiger partial charge < -0.3 is 4.90 Å². The van der Waals surface area contributed by atoms with E-state index in [1.807, 2.05) is 41.0 Å². The van der Waals surface area contributed by atoms with Gasteiger partial charge in [-0.1, -0.05) is 12.1 Å². The molecule has 1 aliphatic rings. The molecule has 0 bridgehead atoms. The highest BCUT2D eigenvalue weighted by atomic mass is 16.2. The third kappa shape index (κ3) is 1.81. The topological polar surface area (TPSA) is 63.9 Å². The molecule has 0 N–H and O–H groups in total. The highest BCUT2D eigenvalue weighted by molar-refractivity contribution is 5.98. The number of hydrogen-bond acceptors (Lipinski definition) is 4. The Morgan fingerprint density at radius 2 is 1.95 bits per heavy atom. The van der Waals surface area contributed by atoms with E-state index in [0.717, 1.165) is 17.1 Å². The minimum absolute atomic E-state index is 0.0155. The fourth-order valence-corrected chi connectivity index (χ4v) is 2.69. The second-order valence-corrected chi connectivity index (χ2v) is 5.20. The number of rotatable bonds is 1. The normalized spacial score (nSPS) is 13.5. The van der Waals surface area contributed by atoms with Gasteiger partial charge in [0.25, 0.3) is 5.91 Å². The molecule has 0 fully saturated rings. The van der Waals surface area contributed by atoms with E-state index in [4.69, 9.17) is 0 Å². The summed E-state index contributed by atoms with van der Waals surface area (Å²) in [5.41, 5.74) is 2.32. The molecular weight excluding hydrogens is 278 g/mol. The smallest absolute Gasteiger partial charge is 0.256 e. The van der Waals surface area contributed by atoms with Crippen molar-refractivity contribution in [3.8, 4) is 17.1 Å². The molecule has 1 aliphatic heterocycles. The van der Waals surface area contributed by atoms with Crippen molar-refractivity contribution in [1.29, 1.82) is 0 Å². The minimum atomic E-state index is -0.0155. The second kappa shape index (κ2) is 4.77. The molecule has 0 atom stereocenters. The molecule has 1 amide bonds. The van der Waals surface area contributed by atoms with Gasteiger partial charge in [-0.3, -0.25) is 14.3 Å². The Bertz CT molecular complexity index is 856. The first-order valence-corrected chi connectivity index (χ1v) is 6.95. The van der Waals surface area contributed by atoms with Gasteiger partial charge in [0, 0.05) is 25.0 Å². The SMILES string of the molecule is CN1Cc2nnc(-c3cccnc3)n2-c2ccccc2C1=O. The number of amides is 1. The molecule has 0 unspecified atom stereocenters. The van der Waals surface area contributed by atoms with Crippen LogP contribution in [0.5, 0.6) is 0 Å². The lowest BCUT2D eigenvalue weighted by Crippen LogP contribution is -2.25. The number of hydrogen-bond donors (Lipinski definition) is 0. The van der Waals surface area contributed by atoms with Gasteiger partial charge in [-0.15, -0.1) is 10.2 Å². The highest BCUT2D eigenvalue weighted by Gasteiger charge is 2.27. The maximum Gasteiger partial charge on any atom is 0.256 e. The van der Waals surface area contributed by atoms with E-state index in [9.17, 15) is 4.79 Å². The zero-order valence-electron chi connectivity index (χ0n) is 12.0. The summed E-state index contributed by atoms with van der Waals surface area (Å²) in [5.74, 6) is 1.41. The number of carbonyl (C=O) groups is 1. The molecule has 1 aromatic carbocycles. The molecule has 3 heterocycles. The maximum atomic E-state index is 12.5. The summed E-state index contributed by atoms with van der Waals surface area (Å²) in [4.78, 5) is 18.3. The summed E-state index contributed by atoms with van der Waals surface area (Å²) in [6.45, 7) is 0.417. The van der Waals surface area contributed by atoms with Crippen molar-refractivity contribution < 1.29 is 4.79 Å². The molecule has 4 rings (SSSR count). The molecule has 0 radical (unpaired) electrons. The lowest BCUT2D eigenvalue weighted by Gasteiger charge is -2.12. The van der Waals surface area contributed by atoms with Crippen LogP contribution in [0.15, 0.2) is 48.8 Å². The van der Waals surface area contributed by atoms with Gasteiger partial charge in [0.2, 0.25) is 0 Å². The Labute approximate surface area is 127 Å². The summed E-state index contributed by atoms with van der Waals surface area (Å²) < 4.78 is 1.94.